The van der Waals surface area contributed by atoms with E-state index in [4.69, 9.17) is 4.74 Å². The molecule has 1 rings (SSSR count). The van der Waals surface area contributed by atoms with Gasteiger partial charge >= 0.3 is 0 Å². The summed E-state index contributed by atoms with van der Waals surface area (Å²) in [6, 6.07) is 0. The molecule has 1 fully saturated rings. The molecule has 3 nitrogen and oxygen atoms in total. The number of hydrogen-bond donors (Lipinski definition) is 0. The van der Waals surface area contributed by atoms with Crippen LogP contribution >= 0.6 is 0 Å². The average molecular weight is 192 g/mol. The van der Waals surface area contributed by atoms with Crippen LogP contribution in [0.1, 0.15) is 27.2 Å². The van der Waals surface area contributed by atoms with Crippen molar-refractivity contribution in [2.75, 3.05) is 5.75 Å². The van der Waals surface area contributed by atoms with Crippen molar-refractivity contribution < 1.29 is 13.2 Å². The third kappa shape index (κ3) is 1.98. The predicted octanol–water partition coefficient (Wildman–Crippen LogP) is 0.987. The zero-order chi connectivity index (χ0) is 9.35. The summed E-state index contributed by atoms with van der Waals surface area (Å²) in [6.45, 7) is 5.59. The molecular formula is C8H16O3S. The van der Waals surface area contributed by atoms with Gasteiger partial charge in [0.2, 0.25) is 0 Å². The van der Waals surface area contributed by atoms with Crippen LogP contribution in [0.25, 0.3) is 0 Å². The van der Waals surface area contributed by atoms with Crippen LogP contribution in [0.4, 0.5) is 0 Å². The zero-order valence-corrected chi connectivity index (χ0v) is 8.60. The van der Waals surface area contributed by atoms with Crippen LogP contribution < -0.4 is 0 Å². The van der Waals surface area contributed by atoms with E-state index in [1.165, 1.54) is 0 Å². The minimum absolute atomic E-state index is 0.0880. The molecule has 0 aliphatic carbocycles. The molecule has 12 heavy (non-hydrogen) atoms. The van der Waals surface area contributed by atoms with Gasteiger partial charge in [0, 0.05) is 0 Å². The van der Waals surface area contributed by atoms with Crippen LogP contribution in [0.5, 0.6) is 0 Å². The Kier molecular flexibility index (Phi) is 2.78. The first-order valence-electron chi connectivity index (χ1n) is 4.30. The van der Waals surface area contributed by atoms with Gasteiger partial charge in [-0.15, -0.1) is 0 Å². The van der Waals surface area contributed by atoms with Crippen LogP contribution in [0.2, 0.25) is 0 Å². The topological polar surface area (TPSA) is 43.4 Å². The van der Waals surface area contributed by atoms with Gasteiger partial charge in [0.15, 0.2) is 9.84 Å². The number of ether oxygens (including phenoxy) is 1. The lowest BCUT2D eigenvalue weighted by atomic mass is 10.2. The highest BCUT2D eigenvalue weighted by molar-refractivity contribution is 7.92. The van der Waals surface area contributed by atoms with Gasteiger partial charge in [0.1, 0.15) is 0 Å². The van der Waals surface area contributed by atoms with E-state index in [1.54, 1.807) is 6.92 Å². The summed E-state index contributed by atoms with van der Waals surface area (Å²) in [5.74, 6) is 0.283. The normalized spacial score (nSPS) is 34.3. The molecule has 0 aromatic heterocycles. The van der Waals surface area contributed by atoms with Gasteiger partial charge in [-0.1, -0.05) is 0 Å². The molecule has 0 bridgehead atoms. The Bertz CT molecular complexity index is 243. The molecule has 2 atom stereocenters. The first-order chi connectivity index (χ1) is 5.43. The molecule has 0 N–H and O–H groups in total. The third-order valence-corrected chi connectivity index (χ3v) is 4.47. The maximum Gasteiger partial charge on any atom is 0.155 e. The molecule has 0 radical (unpaired) electrons. The van der Waals surface area contributed by atoms with Gasteiger partial charge in [-0.25, -0.2) is 8.42 Å². The standard InChI is InChI=1S/C8H16O3S/c1-6(2)11-8-4-5-12(9,10)7(8)3/h6-8H,4-5H2,1-3H3. The molecular weight excluding hydrogens is 176 g/mol. The van der Waals surface area contributed by atoms with E-state index in [0.29, 0.717) is 6.42 Å². The van der Waals surface area contributed by atoms with Crippen LogP contribution in [-0.4, -0.2) is 31.6 Å². The van der Waals surface area contributed by atoms with Crippen molar-refractivity contribution in [1.82, 2.24) is 0 Å². The summed E-state index contributed by atoms with van der Waals surface area (Å²) in [5.41, 5.74) is 0. The van der Waals surface area contributed by atoms with Gasteiger partial charge in [-0.3, -0.25) is 0 Å². The summed E-state index contributed by atoms with van der Waals surface area (Å²) in [7, 11) is -2.84. The van der Waals surface area contributed by atoms with Gasteiger partial charge in [-0.2, -0.15) is 0 Å². The van der Waals surface area contributed by atoms with Crippen molar-refractivity contribution in [3.63, 3.8) is 0 Å². The molecule has 4 heteroatoms. The van der Waals surface area contributed by atoms with Crippen molar-refractivity contribution in [2.45, 2.75) is 44.6 Å². The summed E-state index contributed by atoms with van der Waals surface area (Å²) < 4.78 is 28.0. The third-order valence-electron chi connectivity index (χ3n) is 2.22. The molecule has 1 aliphatic heterocycles. The second-order valence-electron chi connectivity index (χ2n) is 3.58. The molecule has 1 heterocycles. The second-order valence-corrected chi connectivity index (χ2v) is 6.06. The Morgan fingerprint density at radius 1 is 1.42 bits per heavy atom. The average Bonchev–Trinajstić information content (AvgIpc) is 2.15. The van der Waals surface area contributed by atoms with Crippen LogP contribution in [0, 0.1) is 0 Å². The van der Waals surface area contributed by atoms with E-state index in [2.05, 4.69) is 0 Å². The highest BCUT2D eigenvalue weighted by Gasteiger charge is 2.37. The van der Waals surface area contributed by atoms with Crippen molar-refractivity contribution in [3.8, 4) is 0 Å². The molecule has 0 spiro atoms. The molecule has 0 amide bonds. The van der Waals surface area contributed by atoms with Crippen LogP contribution in [0.3, 0.4) is 0 Å². The zero-order valence-electron chi connectivity index (χ0n) is 7.78. The van der Waals surface area contributed by atoms with E-state index in [0.717, 1.165) is 0 Å². The fourth-order valence-electron chi connectivity index (χ4n) is 1.46. The van der Waals surface area contributed by atoms with Crippen LogP contribution in [-0.2, 0) is 14.6 Å². The minimum Gasteiger partial charge on any atom is -0.374 e. The van der Waals surface area contributed by atoms with Gasteiger partial charge in [0.05, 0.1) is 23.2 Å². The molecule has 0 aromatic carbocycles. The summed E-state index contributed by atoms with van der Waals surface area (Å²) in [6.07, 6.45) is 0.683. The lowest BCUT2D eigenvalue weighted by Crippen LogP contribution is -2.27. The van der Waals surface area contributed by atoms with Gasteiger partial charge in [-0.05, 0) is 27.2 Å². The van der Waals surface area contributed by atoms with E-state index in [-0.39, 0.29) is 23.2 Å². The quantitative estimate of drug-likeness (QED) is 0.655. The fraction of sp³-hybridized carbons (Fsp3) is 1.00. The Morgan fingerprint density at radius 2 is 2.00 bits per heavy atom. The maximum atomic E-state index is 11.3. The Morgan fingerprint density at radius 3 is 2.33 bits per heavy atom. The van der Waals surface area contributed by atoms with Crippen molar-refractivity contribution in [2.24, 2.45) is 0 Å². The fourth-order valence-corrected chi connectivity index (χ4v) is 3.06. The van der Waals surface area contributed by atoms with Crippen molar-refractivity contribution in [3.05, 3.63) is 0 Å². The monoisotopic (exact) mass is 192 g/mol. The Hall–Kier alpha value is -0.0900. The Labute approximate surface area is 74.0 Å². The SMILES string of the molecule is CC(C)OC1CCS(=O)(=O)C1C. The van der Waals surface area contributed by atoms with Crippen LogP contribution in [0.15, 0.2) is 0 Å². The summed E-state index contributed by atoms with van der Waals surface area (Å²) in [4.78, 5) is 0. The molecule has 1 aliphatic rings. The highest BCUT2D eigenvalue weighted by atomic mass is 32.2. The van der Waals surface area contributed by atoms with Crippen molar-refractivity contribution >= 4 is 9.84 Å². The predicted molar refractivity (Wildman–Crippen MR) is 47.9 cm³/mol. The maximum absolute atomic E-state index is 11.3. The molecule has 0 aromatic rings. The summed E-state index contributed by atoms with van der Waals surface area (Å²) >= 11 is 0. The lowest BCUT2D eigenvalue weighted by molar-refractivity contribution is 0.0113. The van der Waals surface area contributed by atoms with E-state index in [9.17, 15) is 8.42 Å². The second kappa shape index (κ2) is 3.34. The largest absolute Gasteiger partial charge is 0.374 e. The highest BCUT2D eigenvalue weighted by Crippen LogP contribution is 2.23. The van der Waals surface area contributed by atoms with Gasteiger partial charge in [0.25, 0.3) is 0 Å². The number of rotatable bonds is 2. The minimum atomic E-state index is -2.84. The molecule has 2 unspecified atom stereocenters. The van der Waals surface area contributed by atoms with Gasteiger partial charge < -0.3 is 4.74 Å². The summed E-state index contributed by atoms with van der Waals surface area (Å²) in [5, 5.41) is -0.320. The van der Waals surface area contributed by atoms with E-state index < -0.39 is 9.84 Å². The number of hydrogen-bond acceptors (Lipinski definition) is 3. The van der Waals surface area contributed by atoms with Crippen molar-refractivity contribution in [1.29, 1.82) is 0 Å². The lowest BCUT2D eigenvalue weighted by Gasteiger charge is -2.17. The molecule has 1 saturated heterocycles. The van der Waals surface area contributed by atoms with E-state index >= 15 is 0 Å². The van der Waals surface area contributed by atoms with E-state index in [1.807, 2.05) is 13.8 Å². The first kappa shape index (κ1) is 9.99. The smallest absolute Gasteiger partial charge is 0.155 e. The Balaban J connectivity index is 2.62. The number of sulfone groups is 1. The first-order valence-corrected chi connectivity index (χ1v) is 6.02. The molecule has 0 saturated carbocycles. The molecule has 72 valence electrons.